The van der Waals surface area contributed by atoms with E-state index in [1.165, 1.54) is 0 Å². The van der Waals surface area contributed by atoms with Crippen molar-refractivity contribution in [1.29, 1.82) is 0 Å². The minimum absolute atomic E-state index is 0.145. The fourth-order valence-corrected chi connectivity index (χ4v) is 3.28. The first-order valence-corrected chi connectivity index (χ1v) is 7.85. The molecule has 3 rings (SSSR count). The predicted octanol–water partition coefficient (Wildman–Crippen LogP) is 3.64. The molecule has 0 saturated carbocycles. The third kappa shape index (κ3) is 3.03. The zero-order chi connectivity index (χ0) is 15.4. The van der Waals surface area contributed by atoms with Crippen LogP contribution < -0.4 is 4.80 Å². The van der Waals surface area contributed by atoms with Gasteiger partial charge in [0, 0.05) is 18.7 Å². The van der Waals surface area contributed by atoms with E-state index in [0.717, 1.165) is 21.9 Å². The summed E-state index contributed by atoms with van der Waals surface area (Å²) < 4.78 is 13.0. The second-order valence-electron chi connectivity index (χ2n) is 4.88. The van der Waals surface area contributed by atoms with Crippen molar-refractivity contribution in [3.8, 4) is 11.5 Å². The van der Waals surface area contributed by atoms with Crippen LogP contribution in [0.3, 0.4) is 0 Å². The fourth-order valence-electron chi connectivity index (χ4n) is 2.28. The number of nitrogens with zero attached hydrogens (tertiary/aromatic N) is 3. The largest absolute Gasteiger partial charge is 0.463 e. The third-order valence-electron chi connectivity index (χ3n) is 3.23. The van der Waals surface area contributed by atoms with Gasteiger partial charge >= 0.3 is 0 Å². The normalized spacial score (nSPS) is 13.5. The highest BCUT2D eigenvalue weighted by atomic mass is 32.1. The van der Waals surface area contributed by atoms with E-state index in [2.05, 4.69) is 21.9 Å². The number of furan rings is 1. The Morgan fingerprint density at radius 1 is 1.41 bits per heavy atom. The molecule has 0 saturated heterocycles. The van der Waals surface area contributed by atoms with Gasteiger partial charge in [-0.1, -0.05) is 0 Å². The van der Waals surface area contributed by atoms with Gasteiger partial charge in [-0.15, -0.1) is 11.3 Å². The molecule has 3 heterocycles. The van der Waals surface area contributed by atoms with Gasteiger partial charge in [-0.05, 0) is 31.2 Å². The van der Waals surface area contributed by atoms with Crippen LogP contribution in [0.2, 0.25) is 0 Å². The number of hydrogen-bond acceptors (Lipinski definition) is 5. The molecule has 0 aromatic carbocycles. The van der Waals surface area contributed by atoms with E-state index in [1.54, 1.807) is 37.1 Å². The van der Waals surface area contributed by atoms with Crippen molar-refractivity contribution in [2.75, 3.05) is 13.7 Å². The minimum Gasteiger partial charge on any atom is -0.463 e. The Morgan fingerprint density at radius 2 is 2.32 bits per heavy atom. The maximum Gasteiger partial charge on any atom is 0.190 e. The van der Waals surface area contributed by atoms with Crippen molar-refractivity contribution in [3.05, 3.63) is 53.1 Å². The second-order valence-corrected chi connectivity index (χ2v) is 5.71. The van der Waals surface area contributed by atoms with Crippen LogP contribution in [0.25, 0.3) is 11.5 Å². The molecule has 5 nitrogen and oxygen atoms in total. The number of thiazole rings is 1. The van der Waals surface area contributed by atoms with Crippen molar-refractivity contribution in [1.82, 2.24) is 9.55 Å². The van der Waals surface area contributed by atoms with Gasteiger partial charge in [0.2, 0.25) is 0 Å². The summed E-state index contributed by atoms with van der Waals surface area (Å²) in [6.07, 6.45) is 5.16. The molecule has 0 fully saturated rings. The molecule has 3 aromatic rings. The van der Waals surface area contributed by atoms with Crippen LogP contribution in [-0.4, -0.2) is 23.3 Å². The van der Waals surface area contributed by atoms with Crippen LogP contribution in [0.4, 0.5) is 5.69 Å². The Kier molecular flexibility index (Phi) is 4.50. The topological polar surface area (TPSA) is 52.5 Å². The van der Waals surface area contributed by atoms with E-state index in [9.17, 15) is 0 Å². The molecule has 3 aromatic heterocycles. The van der Waals surface area contributed by atoms with E-state index >= 15 is 0 Å². The summed E-state index contributed by atoms with van der Waals surface area (Å²) in [6.45, 7) is 2.70. The van der Waals surface area contributed by atoms with Crippen molar-refractivity contribution in [2.24, 2.45) is 4.99 Å². The summed E-state index contributed by atoms with van der Waals surface area (Å²) in [4.78, 5) is 9.70. The zero-order valence-electron chi connectivity index (χ0n) is 12.5. The molecule has 0 aliphatic carbocycles. The lowest BCUT2D eigenvalue weighted by Crippen LogP contribution is -2.22. The van der Waals surface area contributed by atoms with E-state index in [1.807, 2.05) is 24.3 Å². The molecule has 6 heteroatoms. The Labute approximate surface area is 132 Å². The molecule has 0 spiro atoms. The van der Waals surface area contributed by atoms with Gasteiger partial charge in [-0.25, -0.2) is 4.99 Å². The first kappa shape index (κ1) is 14.7. The maximum atomic E-state index is 5.54. The van der Waals surface area contributed by atoms with E-state index in [0.29, 0.717) is 6.61 Å². The first-order chi connectivity index (χ1) is 10.8. The van der Waals surface area contributed by atoms with Gasteiger partial charge in [0.05, 0.1) is 36.5 Å². The Morgan fingerprint density at radius 3 is 3.00 bits per heavy atom. The molecule has 1 unspecified atom stereocenters. The minimum atomic E-state index is 0.145. The Hall–Kier alpha value is -2.18. The first-order valence-electron chi connectivity index (χ1n) is 6.97. The fraction of sp³-hybridized carbons (Fsp3) is 0.250. The summed E-state index contributed by atoms with van der Waals surface area (Å²) in [7, 11) is 1.70. The average Bonchev–Trinajstić information content (AvgIpc) is 3.17. The third-order valence-corrected chi connectivity index (χ3v) is 4.07. The lowest BCUT2D eigenvalue weighted by atomic mass is 10.3. The monoisotopic (exact) mass is 315 g/mol. The van der Waals surface area contributed by atoms with Crippen LogP contribution >= 0.6 is 11.3 Å². The molecule has 0 bridgehead atoms. The molecule has 0 N–H and O–H groups in total. The SMILES string of the molecule is COCC(C)n1c(-c2ccco2)csc1=Nc1cccnc1. The number of methoxy groups -OCH3 is 1. The van der Waals surface area contributed by atoms with Gasteiger partial charge in [0.1, 0.15) is 0 Å². The van der Waals surface area contributed by atoms with Gasteiger partial charge in [0.25, 0.3) is 0 Å². The summed E-state index contributed by atoms with van der Waals surface area (Å²) >= 11 is 1.58. The van der Waals surface area contributed by atoms with Crippen molar-refractivity contribution >= 4 is 17.0 Å². The number of rotatable bonds is 5. The summed E-state index contributed by atoms with van der Waals surface area (Å²) in [5.74, 6) is 0.826. The molecule has 0 radical (unpaired) electrons. The molecule has 0 aliphatic rings. The van der Waals surface area contributed by atoms with Crippen LogP contribution in [0.15, 0.2) is 57.7 Å². The highest BCUT2D eigenvalue weighted by Crippen LogP contribution is 2.24. The number of hydrogen-bond donors (Lipinski definition) is 0. The molecule has 22 heavy (non-hydrogen) atoms. The van der Waals surface area contributed by atoms with Crippen molar-refractivity contribution in [3.63, 3.8) is 0 Å². The quantitative estimate of drug-likeness (QED) is 0.722. The molecular weight excluding hydrogens is 298 g/mol. The Bertz CT molecular complexity index is 775. The van der Waals surface area contributed by atoms with Crippen LogP contribution in [0, 0.1) is 0 Å². The number of ether oxygens (including phenoxy) is 1. The molecule has 114 valence electrons. The summed E-state index contributed by atoms with van der Waals surface area (Å²) in [5, 5.41) is 2.06. The van der Waals surface area contributed by atoms with Crippen LogP contribution in [-0.2, 0) is 4.74 Å². The highest BCUT2D eigenvalue weighted by Gasteiger charge is 2.15. The average molecular weight is 315 g/mol. The number of pyridine rings is 1. The highest BCUT2D eigenvalue weighted by molar-refractivity contribution is 7.07. The van der Waals surface area contributed by atoms with Gasteiger partial charge in [-0.3, -0.25) is 4.98 Å². The lowest BCUT2D eigenvalue weighted by Gasteiger charge is -2.15. The maximum absolute atomic E-state index is 5.54. The zero-order valence-corrected chi connectivity index (χ0v) is 13.3. The second kappa shape index (κ2) is 6.72. The molecule has 0 aliphatic heterocycles. The lowest BCUT2D eigenvalue weighted by molar-refractivity contribution is 0.161. The van der Waals surface area contributed by atoms with Gasteiger partial charge in [0.15, 0.2) is 10.6 Å². The molecule has 1 atom stereocenters. The van der Waals surface area contributed by atoms with Crippen molar-refractivity contribution < 1.29 is 9.15 Å². The Balaban J connectivity index is 2.13. The van der Waals surface area contributed by atoms with Crippen molar-refractivity contribution in [2.45, 2.75) is 13.0 Å². The van der Waals surface area contributed by atoms with E-state index in [4.69, 9.17) is 14.1 Å². The molecule has 0 amide bonds. The predicted molar refractivity (Wildman–Crippen MR) is 86.1 cm³/mol. The summed E-state index contributed by atoms with van der Waals surface area (Å²) in [5.41, 5.74) is 1.83. The van der Waals surface area contributed by atoms with Gasteiger partial charge in [-0.2, -0.15) is 0 Å². The summed E-state index contributed by atoms with van der Waals surface area (Å²) in [6, 6.07) is 7.79. The van der Waals surface area contributed by atoms with Gasteiger partial charge < -0.3 is 13.7 Å². The van der Waals surface area contributed by atoms with Crippen LogP contribution in [0.5, 0.6) is 0 Å². The smallest absolute Gasteiger partial charge is 0.190 e. The van der Waals surface area contributed by atoms with E-state index in [-0.39, 0.29) is 6.04 Å². The van der Waals surface area contributed by atoms with Crippen LogP contribution in [0.1, 0.15) is 13.0 Å². The number of aromatic nitrogens is 2. The molecular formula is C16H17N3O2S. The van der Waals surface area contributed by atoms with E-state index < -0.39 is 0 Å². The standard InChI is InChI=1S/C16H17N3O2S/c1-12(10-20-2)19-14(15-6-4-8-21-15)11-22-16(19)18-13-5-3-7-17-9-13/h3-9,11-12H,10H2,1-2H3.